The van der Waals surface area contributed by atoms with E-state index in [-0.39, 0.29) is 0 Å². The predicted molar refractivity (Wildman–Crippen MR) is 101 cm³/mol. The molecule has 0 bridgehead atoms. The van der Waals surface area contributed by atoms with E-state index in [1.165, 1.54) is 5.56 Å². The molecule has 1 aromatic heterocycles. The van der Waals surface area contributed by atoms with Crippen molar-refractivity contribution in [1.29, 1.82) is 5.41 Å². The zero-order chi connectivity index (χ0) is 16.7. The molecule has 0 fully saturated rings. The molecular formula is C20H27NS. The highest BCUT2D eigenvalue weighted by Crippen LogP contribution is 2.25. The summed E-state index contributed by atoms with van der Waals surface area (Å²) < 4.78 is 0. The summed E-state index contributed by atoms with van der Waals surface area (Å²) in [4.78, 5) is 1.08. The highest BCUT2D eigenvalue weighted by atomic mass is 32.1. The van der Waals surface area contributed by atoms with Gasteiger partial charge in [0, 0.05) is 0 Å². The smallest absolute Gasteiger partial charge is 0.0783 e. The van der Waals surface area contributed by atoms with Gasteiger partial charge in [0.1, 0.15) is 0 Å². The van der Waals surface area contributed by atoms with Crippen molar-refractivity contribution in [3.8, 4) is 0 Å². The van der Waals surface area contributed by atoms with Crippen molar-refractivity contribution < 1.29 is 0 Å². The van der Waals surface area contributed by atoms with E-state index in [1.807, 2.05) is 39.0 Å². The van der Waals surface area contributed by atoms with E-state index in [1.54, 1.807) is 11.3 Å². The van der Waals surface area contributed by atoms with Gasteiger partial charge in [-0.1, -0.05) is 44.2 Å². The molecule has 0 aliphatic rings. The maximum atomic E-state index is 8.60. The minimum Gasteiger partial charge on any atom is -0.299 e. The van der Waals surface area contributed by atoms with Gasteiger partial charge in [0.15, 0.2) is 0 Å². The predicted octanol–water partition coefficient (Wildman–Crippen LogP) is 6.34. The first kappa shape index (κ1) is 18.4. The number of rotatable bonds is 7. The van der Waals surface area contributed by atoms with Crippen molar-refractivity contribution in [2.75, 3.05) is 0 Å². The first-order chi connectivity index (χ1) is 10.4. The highest BCUT2D eigenvalue weighted by Gasteiger charge is 2.13. The molecule has 0 atom stereocenters. The molecule has 0 saturated carbocycles. The van der Waals surface area contributed by atoms with Crippen LogP contribution in [-0.4, -0.2) is 5.71 Å². The quantitative estimate of drug-likeness (QED) is 0.448. The van der Waals surface area contributed by atoms with Crippen LogP contribution in [0.3, 0.4) is 0 Å². The molecule has 0 unspecified atom stereocenters. The van der Waals surface area contributed by atoms with E-state index in [4.69, 9.17) is 5.41 Å². The summed E-state index contributed by atoms with van der Waals surface area (Å²) >= 11 is 1.66. The topological polar surface area (TPSA) is 23.9 Å². The fourth-order valence-electron chi connectivity index (χ4n) is 2.25. The maximum Gasteiger partial charge on any atom is 0.0783 e. The molecule has 0 saturated heterocycles. The van der Waals surface area contributed by atoms with Crippen molar-refractivity contribution >= 4 is 17.0 Å². The van der Waals surface area contributed by atoms with Crippen LogP contribution in [0.2, 0.25) is 0 Å². The second-order valence-corrected chi connectivity index (χ2v) is 6.79. The Kier molecular flexibility index (Phi) is 7.26. The van der Waals surface area contributed by atoms with Crippen LogP contribution in [0.1, 0.15) is 45.1 Å². The maximum absolute atomic E-state index is 8.60. The first-order valence-corrected chi connectivity index (χ1v) is 8.60. The monoisotopic (exact) mass is 313 g/mol. The zero-order valence-corrected chi connectivity index (χ0v) is 15.2. The normalized spacial score (nSPS) is 13.2. The summed E-state index contributed by atoms with van der Waals surface area (Å²) in [7, 11) is 0. The Morgan fingerprint density at radius 3 is 2.50 bits per heavy atom. The molecule has 2 heteroatoms. The van der Waals surface area contributed by atoms with E-state index in [2.05, 4.69) is 37.9 Å². The fourth-order valence-corrected chi connectivity index (χ4v) is 3.15. The van der Waals surface area contributed by atoms with E-state index in [0.29, 0.717) is 11.6 Å². The summed E-state index contributed by atoms with van der Waals surface area (Å²) in [5.41, 5.74) is 4.92. The number of thiophene rings is 1. The minimum atomic E-state index is 0.597. The number of nitrogens with one attached hydrogen (secondary N) is 1. The van der Waals surface area contributed by atoms with Crippen molar-refractivity contribution in [3.63, 3.8) is 0 Å². The largest absolute Gasteiger partial charge is 0.299 e. The van der Waals surface area contributed by atoms with Crippen molar-refractivity contribution in [2.45, 2.75) is 41.0 Å². The van der Waals surface area contributed by atoms with Gasteiger partial charge in [-0.05, 0) is 67.3 Å². The lowest BCUT2D eigenvalue weighted by Gasteiger charge is -2.10. The molecule has 1 nitrogen and oxygen atoms in total. The highest BCUT2D eigenvalue weighted by molar-refractivity contribution is 7.12. The molecular weight excluding hydrogens is 286 g/mol. The van der Waals surface area contributed by atoms with Crippen molar-refractivity contribution in [1.82, 2.24) is 0 Å². The molecule has 0 radical (unpaired) electrons. The van der Waals surface area contributed by atoms with E-state index < -0.39 is 0 Å². The van der Waals surface area contributed by atoms with Crippen LogP contribution in [0.15, 0.2) is 59.0 Å². The summed E-state index contributed by atoms with van der Waals surface area (Å²) in [6, 6.07) is 2.15. The third kappa shape index (κ3) is 4.96. The summed E-state index contributed by atoms with van der Waals surface area (Å²) in [6.07, 6.45) is 9.14. The Morgan fingerprint density at radius 1 is 1.32 bits per heavy atom. The van der Waals surface area contributed by atoms with Gasteiger partial charge in [-0.3, -0.25) is 5.41 Å². The molecule has 0 amide bonds. The molecule has 0 aliphatic heterocycles. The van der Waals surface area contributed by atoms with Gasteiger partial charge in [-0.2, -0.15) is 0 Å². The lowest BCUT2D eigenvalue weighted by atomic mass is 9.97. The molecule has 1 heterocycles. The van der Waals surface area contributed by atoms with Gasteiger partial charge in [0.2, 0.25) is 0 Å². The second kappa shape index (κ2) is 8.70. The lowest BCUT2D eigenvalue weighted by molar-refractivity contribution is 0.648. The van der Waals surface area contributed by atoms with Crippen LogP contribution in [0.4, 0.5) is 0 Å². The number of hydrogen-bond donors (Lipinski definition) is 1. The van der Waals surface area contributed by atoms with Crippen LogP contribution in [0.5, 0.6) is 0 Å². The van der Waals surface area contributed by atoms with Gasteiger partial charge in [-0.25, -0.2) is 0 Å². The van der Waals surface area contributed by atoms with Gasteiger partial charge in [0.05, 0.1) is 10.6 Å². The Bertz CT molecular complexity index is 624. The van der Waals surface area contributed by atoms with Crippen molar-refractivity contribution in [2.24, 2.45) is 5.92 Å². The van der Waals surface area contributed by atoms with Crippen LogP contribution in [-0.2, 0) is 6.42 Å². The fraction of sp³-hybridized carbons (Fsp3) is 0.350. The number of hydrogen-bond acceptors (Lipinski definition) is 2. The van der Waals surface area contributed by atoms with Crippen molar-refractivity contribution in [3.05, 3.63) is 69.5 Å². The molecule has 118 valence electrons. The van der Waals surface area contributed by atoms with E-state index >= 15 is 0 Å². The number of allylic oxidation sites excluding steroid dienone is 7. The minimum absolute atomic E-state index is 0.597. The average molecular weight is 314 g/mol. The average Bonchev–Trinajstić information content (AvgIpc) is 2.89. The molecule has 1 aromatic rings. The Morgan fingerprint density at radius 2 is 2.00 bits per heavy atom. The van der Waals surface area contributed by atoms with Gasteiger partial charge < -0.3 is 0 Å². The standard InChI is InChI=1S/C20H27NS/c1-7-9-17(15(5)6)13-16(8-2)19(21)20-18(10-11-22-20)12-14(3)4/h7-11,13-14,21H,5,12H2,1-4,6H3/b9-7-,16-8+,17-13-,21-19?. The first-order valence-electron chi connectivity index (χ1n) is 7.72. The zero-order valence-electron chi connectivity index (χ0n) is 14.4. The van der Waals surface area contributed by atoms with Crippen LogP contribution >= 0.6 is 11.3 Å². The van der Waals surface area contributed by atoms with E-state index in [9.17, 15) is 0 Å². The second-order valence-electron chi connectivity index (χ2n) is 5.87. The van der Waals surface area contributed by atoms with Crippen LogP contribution < -0.4 is 0 Å². The molecule has 1 N–H and O–H groups in total. The van der Waals surface area contributed by atoms with Gasteiger partial charge >= 0.3 is 0 Å². The van der Waals surface area contributed by atoms with Gasteiger partial charge in [-0.15, -0.1) is 11.3 Å². The Balaban J connectivity index is 3.16. The molecule has 22 heavy (non-hydrogen) atoms. The Hall–Kier alpha value is -1.67. The van der Waals surface area contributed by atoms with Crippen LogP contribution in [0, 0.1) is 11.3 Å². The summed E-state index contributed by atoms with van der Waals surface area (Å²) in [5.74, 6) is 0.597. The van der Waals surface area contributed by atoms with E-state index in [0.717, 1.165) is 28.0 Å². The summed E-state index contributed by atoms with van der Waals surface area (Å²) in [5, 5.41) is 10.7. The van der Waals surface area contributed by atoms with Gasteiger partial charge in [0.25, 0.3) is 0 Å². The molecule has 0 aliphatic carbocycles. The van der Waals surface area contributed by atoms with Crippen LogP contribution in [0.25, 0.3) is 0 Å². The molecule has 0 spiro atoms. The summed E-state index contributed by atoms with van der Waals surface area (Å²) in [6.45, 7) is 14.4. The third-order valence-electron chi connectivity index (χ3n) is 3.35. The molecule has 0 aromatic carbocycles. The SMILES string of the molecule is C=C(C)C(/C=C\C)=C\C(=C/C)C(=N)c1sccc1CC(C)C. The third-order valence-corrected chi connectivity index (χ3v) is 4.33. The Labute approximate surface area is 139 Å². The molecule has 1 rings (SSSR count). The lowest BCUT2D eigenvalue weighted by Crippen LogP contribution is -2.05.